The number of pyridine rings is 1. The minimum absolute atomic E-state index is 0.0276. The van der Waals surface area contributed by atoms with Gasteiger partial charge in [0.1, 0.15) is 10.8 Å². The van der Waals surface area contributed by atoms with Gasteiger partial charge in [0.25, 0.3) is 0 Å². The van der Waals surface area contributed by atoms with Crippen molar-refractivity contribution in [1.82, 2.24) is 20.1 Å². The van der Waals surface area contributed by atoms with Crippen molar-refractivity contribution >= 4 is 28.2 Å². The molecule has 128 valence electrons. The van der Waals surface area contributed by atoms with Gasteiger partial charge in [-0.2, -0.15) is 0 Å². The summed E-state index contributed by atoms with van der Waals surface area (Å²) in [5.74, 6) is 1.18. The lowest BCUT2D eigenvalue weighted by atomic mass is 9.93. The molecule has 3 rings (SSSR count). The van der Waals surface area contributed by atoms with Gasteiger partial charge in [0.05, 0.1) is 6.54 Å². The summed E-state index contributed by atoms with van der Waals surface area (Å²) in [4.78, 5) is 18.2. The number of rotatable bonds is 5. The van der Waals surface area contributed by atoms with Crippen LogP contribution in [0.15, 0.2) is 18.2 Å². The SMILES string of the molecule is CCc1nnc(Nc2cccc(C3CCN(C(=O)CN)CC3)n2)s1. The molecule has 0 unspecified atom stereocenters. The Kier molecular flexibility index (Phi) is 5.37. The fourth-order valence-corrected chi connectivity index (χ4v) is 3.55. The van der Waals surface area contributed by atoms with Gasteiger partial charge in [-0.1, -0.05) is 24.3 Å². The molecule has 2 aromatic rings. The highest BCUT2D eigenvalue weighted by molar-refractivity contribution is 7.15. The lowest BCUT2D eigenvalue weighted by molar-refractivity contribution is -0.130. The van der Waals surface area contributed by atoms with Crippen molar-refractivity contribution in [1.29, 1.82) is 0 Å². The standard InChI is InChI=1S/C16H22N6OS/c1-2-14-20-21-16(24-14)19-13-5-3-4-12(18-13)11-6-8-22(9-7-11)15(23)10-17/h3-5,11H,2,6-10,17H2,1H3,(H,18,19,21). The van der Waals surface area contributed by atoms with Crippen LogP contribution in [0.1, 0.15) is 36.4 Å². The van der Waals surface area contributed by atoms with E-state index in [4.69, 9.17) is 10.7 Å². The number of hydrogen-bond acceptors (Lipinski definition) is 7. The largest absolute Gasteiger partial charge is 0.342 e. The maximum Gasteiger partial charge on any atom is 0.236 e. The van der Waals surface area contributed by atoms with Gasteiger partial charge in [-0.25, -0.2) is 4.98 Å². The first-order valence-corrected chi connectivity index (χ1v) is 9.05. The maximum atomic E-state index is 11.7. The monoisotopic (exact) mass is 346 g/mol. The van der Waals surface area contributed by atoms with Gasteiger partial charge in [0, 0.05) is 24.7 Å². The molecule has 1 aliphatic heterocycles. The number of carbonyl (C=O) groups is 1. The minimum Gasteiger partial charge on any atom is -0.342 e. The Hall–Kier alpha value is -2.06. The van der Waals surface area contributed by atoms with E-state index in [1.54, 1.807) is 11.3 Å². The molecule has 1 saturated heterocycles. The Morgan fingerprint density at radius 1 is 1.38 bits per heavy atom. The molecule has 1 fully saturated rings. The predicted octanol–water partition coefficient (Wildman–Crippen LogP) is 1.90. The lowest BCUT2D eigenvalue weighted by Crippen LogP contribution is -2.41. The van der Waals surface area contributed by atoms with E-state index in [9.17, 15) is 4.79 Å². The number of aryl methyl sites for hydroxylation is 1. The number of hydrogen-bond donors (Lipinski definition) is 2. The molecule has 1 aliphatic rings. The number of nitrogens with zero attached hydrogens (tertiary/aromatic N) is 4. The molecule has 0 spiro atoms. The Morgan fingerprint density at radius 3 is 2.83 bits per heavy atom. The Labute approximate surface area is 145 Å². The Morgan fingerprint density at radius 2 is 2.17 bits per heavy atom. The first-order valence-electron chi connectivity index (χ1n) is 8.23. The summed E-state index contributed by atoms with van der Waals surface area (Å²) in [6.45, 7) is 3.64. The fourth-order valence-electron chi connectivity index (χ4n) is 2.86. The normalized spacial score (nSPS) is 15.5. The fraction of sp³-hybridized carbons (Fsp3) is 0.500. The summed E-state index contributed by atoms with van der Waals surface area (Å²) in [6.07, 6.45) is 2.72. The molecule has 0 radical (unpaired) electrons. The van der Waals surface area contributed by atoms with Crippen molar-refractivity contribution in [2.75, 3.05) is 25.0 Å². The van der Waals surface area contributed by atoms with E-state index in [2.05, 4.69) is 22.4 Å². The van der Waals surface area contributed by atoms with Crippen LogP contribution in [0.3, 0.4) is 0 Å². The first kappa shape index (κ1) is 16.8. The minimum atomic E-state index is 0.0276. The third kappa shape index (κ3) is 3.88. The average molecular weight is 346 g/mol. The zero-order valence-corrected chi connectivity index (χ0v) is 14.6. The number of anilines is 2. The molecule has 0 aliphatic carbocycles. The predicted molar refractivity (Wildman–Crippen MR) is 94.4 cm³/mol. The molecule has 0 saturated carbocycles. The van der Waals surface area contributed by atoms with Crippen molar-refractivity contribution in [3.8, 4) is 0 Å². The van der Waals surface area contributed by atoms with E-state index in [1.165, 1.54) is 0 Å². The van der Waals surface area contributed by atoms with E-state index in [0.717, 1.165) is 54.0 Å². The topological polar surface area (TPSA) is 97.0 Å². The number of carbonyl (C=O) groups excluding carboxylic acids is 1. The lowest BCUT2D eigenvalue weighted by Gasteiger charge is -2.31. The number of amides is 1. The van der Waals surface area contributed by atoms with Crippen LogP contribution in [0.25, 0.3) is 0 Å². The van der Waals surface area contributed by atoms with Crippen LogP contribution in [-0.2, 0) is 11.2 Å². The van der Waals surface area contributed by atoms with E-state index >= 15 is 0 Å². The molecule has 3 heterocycles. The van der Waals surface area contributed by atoms with Gasteiger partial charge in [-0.3, -0.25) is 4.79 Å². The second-order valence-corrected chi connectivity index (χ2v) is 6.85. The summed E-state index contributed by atoms with van der Waals surface area (Å²) < 4.78 is 0. The zero-order chi connectivity index (χ0) is 16.9. The van der Waals surface area contributed by atoms with Crippen molar-refractivity contribution in [2.45, 2.75) is 32.1 Å². The highest BCUT2D eigenvalue weighted by Crippen LogP contribution is 2.28. The van der Waals surface area contributed by atoms with Gasteiger partial charge in [0.15, 0.2) is 0 Å². The number of aromatic nitrogens is 3. The molecule has 8 heteroatoms. The highest BCUT2D eigenvalue weighted by atomic mass is 32.1. The molecule has 1 amide bonds. The van der Waals surface area contributed by atoms with Crippen molar-refractivity contribution in [3.63, 3.8) is 0 Å². The summed E-state index contributed by atoms with van der Waals surface area (Å²) in [5, 5.41) is 13.2. The second kappa shape index (κ2) is 7.67. The van der Waals surface area contributed by atoms with Gasteiger partial charge in [-0.05, 0) is 31.4 Å². The molecule has 2 aromatic heterocycles. The summed E-state index contributed by atoms with van der Waals surface area (Å²) in [5.41, 5.74) is 6.49. The van der Waals surface area contributed by atoms with Crippen molar-refractivity contribution in [3.05, 3.63) is 28.9 Å². The van der Waals surface area contributed by atoms with Crippen LogP contribution in [0, 0.1) is 0 Å². The van der Waals surface area contributed by atoms with E-state index in [0.29, 0.717) is 5.92 Å². The smallest absolute Gasteiger partial charge is 0.236 e. The third-order valence-corrected chi connectivity index (χ3v) is 5.20. The maximum absolute atomic E-state index is 11.7. The van der Waals surface area contributed by atoms with E-state index < -0.39 is 0 Å². The van der Waals surface area contributed by atoms with Gasteiger partial charge < -0.3 is 16.0 Å². The first-order chi connectivity index (χ1) is 11.7. The highest BCUT2D eigenvalue weighted by Gasteiger charge is 2.24. The quantitative estimate of drug-likeness (QED) is 0.858. The molecule has 7 nitrogen and oxygen atoms in total. The van der Waals surface area contributed by atoms with E-state index in [-0.39, 0.29) is 12.5 Å². The zero-order valence-electron chi connectivity index (χ0n) is 13.7. The van der Waals surface area contributed by atoms with Crippen LogP contribution in [0.5, 0.6) is 0 Å². The van der Waals surface area contributed by atoms with Crippen LogP contribution in [0.4, 0.5) is 10.9 Å². The summed E-state index contributed by atoms with van der Waals surface area (Å²) in [6, 6.07) is 5.99. The molecule has 0 bridgehead atoms. The Bertz CT molecular complexity index is 695. The number of nitrogens with two attached hydrogens (primary N) is 1. The number of nitrogens with one attached hydrogen (secondary N) is 1. The molecular formula is C16H22N6OS. The van der Waals surface area contributed by atoms with Crippen LogP contribution in [0.2, 0.25) is 0 Å². The van der Waals surface area contributed by atoms with Crippen molar-refractivity contribution < 1.29 is 4.79 Å². The molecule has 0 atom stereocenters. The van der Waals surface area contributed by atoms with Gasteiger partial charge in [0.2, 0.25) is 11.0 Å². The molecule has 3 N–H and O–H groups in total. The van der Waals surface area contributed by atoms with Crippen molar-refractivity contribution in [2.24, 2.45) is 5.73 Å². The molecular weight excluding hydrogens is 324 g/mol. The van der Waals surface area contributed by atoms with Gasteiger partial charge in [-0.15, -0.1) is 10.2 Å². The van der Waals surface area contributed by atoms with E-state index in [1.807, 2.05) is 23.1 Å². The Balaban J connectivity index is 1.64. The summed E-state index contributed by atoms with van der Waals surface area (Å²) >= 11 is 1.55. The number of piperidine rings is 1. The van der Waals surface area contributed by atoms with Crippen LogP contribution < -0.4 is 11.1 Å². The number of likely N-dealkylation sites (tertiary alicyclic amines) is 1. The average Bonchev–Trinajstić information content (AvgIpc) is 3.09. The summed E-state index contributed by atoms with van der Waals surface area (Å²) in [7, 11) is 0. The molecule has 24 heavy (non-hydrogen) atoms. The molecule has 0 aromatic carbocycles. The van der Waals surface area contributed by atoms with Gasteiger partial charge >= 0.3 is 0 Å². The second-order valence-electron chi connectivity index (χ2n) is 5.79. The van der Waals surface area contributed by atoms with Crippen LogP contribution >= 0.6 is 11.3 Å². The van der Waals surface area contributed by atoms with Crippen LogP contribution in [-0.4, -0.2) is 45.6 Å². The third-order valence-electron chi connectivity index (χ3n) is 4.22.